The monoisotopic (exact) mass is 390 g/mol. The third kappa shape index (κ3) is 4.85. The Balaban J connectivity index is 1.30. The van der Waals surface area contributed by atoms with Crippen molar-refractivity contribution in [3.8, 4) is 0 Å². The van der Waals surface area contributed by atoms with Crippen LogP contribution in [-0.4, -0.2) is 64.7 Å². The van der Waals surface area contributed by atoms with Crippen molar-refractivity contribution in [2.75, 3.05) is 31.1 Å². The first kappa shape index (κ1) is 19.3. The maximum Gasteiger partial charge on any atom is 0.263 e. The van der Waals surface area contributed by atoms with Crippen LogP contribution in [0.4, 0.5) is 0 Å². The van der Waals surface area contributed by atoms with Crippen molar-refractivity contribution < 1.29 is 19.2 Å². The Morgan fingerprint density at radius 2 is 1.81 bits per heavy atom. The van der Waals surface area contributed by atoms with Crippen molar-refractivity contribution in [3.63, 3.8) is 0 Å². The molecule has 4 amide bonds. The minimum Gasteiger partial charge on any atom is -0.355 e. The van der Waals surface area contributed by atoms with E-state index in [4.69, 9.17) is 0 Å². The van der Waals surface area contributed by atoms with Gasteiger partial charge in [-0.05, 0) is 24.8 Å². The quantitative estimate of drug-likeness (QED) is 0.593. The van der Waals surface area contributed by atoms with Gasteiger partial charge in [0.05, 0.1) is 22.6 Å². The first-order valence-corrected chi connectivity index (χ1v) is 10.1. The van der Waals surface area contributed by atoms with Crippen LogP contribution in [0.5, 0.6) is 0 Å². The van der Waals surface area contributed by atoms with E-state index in [1.807, 2.05) is 0 Å². The third-order valence-electron chi connectivity index (χ3n) is 4.71. The fourth-order valence-electron chi connectivity index (χ4n) is 2.94. The number of aromatic nitrogens is 1. The smallest absolute Gasteiger partial charge is 0.263 e. The van der Waals surface area contributed by atoms with E-state index in [1.54, 1.807) is 0 Å². The highest BCUT2D eigenvalue weighted by Crippen LogP contribution is 2.25. The van der Waals surface area contributed by atoms with E-state index >= 15 is 0 Å². The number of pyridine rings is 1. The Bertz CT molecular complexity index is 716. The first-order chi connectivity index (χ1) is 13.1. The summed E-state index contributed by atoms with van der Waals surface area (Å²) in [6.07, 6.45) is 6.45. The molecule has 1 aliphatic carbocycles. The van der Waals surface area contributed by atoms with Crippen molar-refractivity contribution in [3.05, 3.63) is 29.6 Å². The molecule has 9 heteroatoms. The van der Waals surface area contributed by atoms with Crippen molar-refractivity contribution >= 4 is 35.4 Å². The van der Waals surface area contributed by atoms with E-state index in [1.165, 1.54) is 49.5 Å². The molecule has 3 rings (SSSR count). The summed E-state index contributed by atoms with van der Waals surface area (Å²) in [4.78, 5) is 52.8. The van der Waals surface area contributed by atoms with Gasteiger partial charge in [0, 0.05) is 32.0 Å². The zero-order chi connectivity index (χ0) is 19.2. The van der Waals surface area contributed by atoms with Crippen molar-refractivity contribution in [1.29, 1.82) is 0 Å². The molecule has 1 aromatic rings. The van der Waals surface area contributed by atoms with Crippen LogP contribution in [-0.2, 0) is 9.59 Å². The lowest BCUT2D eigenvalue weighted by Gasteiger charge is -2.25. The van der Waals surface area contributed by atoms with Crippen LogP contribution in [0.2, 0.25) is 0 Å². The van der Waals surface area contributed by atoms with Gasteiger partial charge >= 0.3 is 0 Å². The number of imide groups is 1. The van der Waals surface area contributed by atoms with E-state index in [9.17, 15) is 19.2 Å². The van der Waals surface area contributed by atoms with E-state index in [0.29, 0.717) is 11.5 Å². The molecule has 2 heterocycles. The molecular weight excluding hydrogens is 368 g/mol. The van der Waals surface area contributed by atoms with E-state index in [2.05, 4.69) is 15.6 Å². The number of thioether (sulfide) groups is 1. The SMILES string of the molecule is O=C(CSCC(=O)NCC1CCC1)NCCN1C(=O)c2ccncc2C1=O. The summed E-state index contributed by atoms with van der Waals surface area (Å²) in [6.45, 7) is 0.998. The van der Waals surface area contributed by atoms with Gasteiger partial charge in [0.2, 0.25) is 11.8 Å². The molecule has 1 aliphatic heterocycles. The van der Waals surface area contributed by atoms with Crippen LogP contribution < -0.4 is 10.6 Å². The van der Waals surface area contributed by atoms with Crippen LogP contribution in [0.3, 0.4) is 0 Å². The molecule has 2 N–H and O–H groups in total. The molecule has 1 aromatic heterocycles. The second kappa shape index (κ2) is 8.98. The summed E-state index contributed by atoms with van der Waals surface area (Å²) < 4.78 is 0. The second-order valence-electron chi connectivity index (χ2n) is 6.63. The molecule has 1 fully saturated rings. The van der Waals surface area contributed by atoms with Crippen LogP contribution in [0, 0.1) is 5.92 Å². The average molecular weight is 390 g/mol. The topological polar surface area (TPSA) is 108 Å². The normalized spacial score (nSPS) is 16.1. The summed E-state index contributed by atoms with van der Waals surface area (Å²) >= 11 is 1.24. The molecule has 144 valence electrons. The molecule has 0 bridgehead atoms. The molecular formula is C18H22N4O4S. The maximum atomic E-state index is 12.2. The van der Waals surface area contributed by atoms with Gasteiger partial charge in [-0.15, -0.1) is 11.8 Å². The highest BCUT2D eigenvalue weighted by atomic mass is 32.2. The van der Waals surface area contributed by atoms with Gasteiger partial charge in [-0.2, -0.15) is 0 Å². The lowest BCUT2D eigenvalue weighted by atomic mass is 9.85. The number of amides is 4. The minimum absolute atomic E-state index is 0.0562. The molecule has 0 spiro atoms. The minimum atomic E-state index is -0.394. The molecule has 0 aromatic carbocycles. The van der Waals surface area contributed by atoms with E-state index in [0.717, 1.165) is 11.4 Å². The fraction of sp³-hybridized carbons (Fsp3) is 0.500. The number of nitrogens with one attached hydrogen (secondary N) is 2. The number of carbonyl (C=O) groups excluding carboxylic acids is 4. The van der Waals surface area contributed by atoms with Gasteiger partial charge in [0.25, 0.3) is 11.8 Å². The molecule has 27 heavy (non-hydrogen) atoms. The number of carbonyl (C=O) groups is 4. The van der Waals surface area contributed by atoms with E-state index < -0.39 is 5.91 Å². The Morgan fingerprint density at radius 1 is 1.11 bits per heavy atom. The zero-order valence-corrected chi connectivity index (χ0v) is 15.7. The molecule has 0 radical (unpaired) electrons. The van der Waals surface area contributed by atoms with Crippen LogP contribution in [0.15, 0.2) is 18.5 Å². The van der Waals surface area contributed by atoms with Crippen molar-refractivity contribution in [1.82, 2.24) is 20.5 Å². The molecule has 8 nitrogen and oxygen atoms in total. The lowest BCUT2D eigenvalue weighted by Crippen LogP contribution is -2.38. The predicted octanol–water partition coefficient (Wildman–Crippen LogP) is 0.443. The Hall–Kier alpha value is -2.42. The van der Waals surface area contributed by atoms with Crippen molar-refractivity contribution in [2.24, 2.45) is 5.92 Å². The summed E-state index contributed by atoms with van der Waals surface area (Å²) in [5.74, 6) is -0.0439. The Morgan fingerprint density at radius 3 is 2.48 bits per heavy atom. The lowest BCUT2D eigenvalue weighted by molar-refractivity contribution is -0.119. The van der Waals surface area contributed by atoms with Crippen molar-refractivity contribution in [2.45, 2.75) is 19.3 Å². The summed E-state index contributed by atoms with van der Waals surface area (Å²) in [7, 11) is 0. The molecule has 0 unspecified atom stereocenters. The standard InChI is InChI=1S/C18H22N4O4S/c23-15(10-27-11-16(24)21-8-12-2-1-3-12)20-6-7-22-17(25)13-4-5-19-9-14(13)18(22)26/h4-5,9,12H,1-3,6-8,10-11H2,(H,20,23)(H,21,24). The van der Waals surface area contributed by atoms with Crippen LogP contribution >= 0.6 is 11.8 Å². The third-order valence-corrected chi connectivity index (χ3v) is 5.64. The zero-order valence-electron chi connectivity index (χ0n) is 14.9. The van der Waals surface area contributed by atoms with Gasteiger partial charge in [-0.1, -0.05) is 6.42 Å². The fourth-order valence-corrected chi connectivity index (χ4v) is 3.62. The number of hydrogen-bond donors (Lipinski definition) is 2. The number of nitrogens with zero attached hydrogens (tertiary/aromatic N) is 2. The summed E-state index contributed by atoms with van der Waals surface area (Å²) in [6, 6.07) is 1.51. The summed E-state index contributed by atoms with van der Waals surface area (Å²) in [5, 5.41) is 5.55. The number of rotatable bonds is 9. The average Bonchev–Trinajstić information content (AvgIpc) is 2.86. The van der Waals surface area contributed by atoms with Gasteiger partial charge in [0.1, 0.15) is 0 Å². The van der Waals surface area contributed by atoms with Gasteiger partial charge in [-0.25, -0.2) is 0 Å². The molecule has 2 aliphatic rings. The van der Waals surface area contributed by atoms with Crippen LogP contribution in [0.1, 0.15) is 40.0 Å². The Kier molecular flexibility index (Phi) is 6.44. The van der Waals surface area contributed by atoms with Gasteiger partial charge in [0.15, 0.2) is 0 Å². The highest BCUT2D eigenvalue weighted by Gasteiger charge is 2.35. The molecule has 1 saturated carbocycles. The van der Waals surface area contributed by atoms with Crippen LogP contribution in [0.25, 0.3) is 0 Å². The summed E-state index contributed by atoms with van der Waals surface area (Å²) in [5.41, 5.74) is 0.627. The first-order valence-electron chi connectivity index (χ1n) is 8.97. The van der Waals surface area contributed by atoms with Gasteiger partial charge in [-0.3, -0.25) is 29.1 Å². The number of fused-ring (bicyclic) bond motifs is 1. The molecule has 0 saturated heterocycles. The largest absolute Gasteiger partial charge is 0.355 e. The van der Waals surface area contributed by atoms with Gasteiger partial charge < -0.3 is 10.6 Å². The highest BCUT2D eigenvalue weighted by molar-refractivity contribution is 8.00. The molecule has 0 atom stereocenters. The predicted molar refractivity (Wildman–Crippen MR) is 100 cm³/mol. The second-order valence-corrected chi connectivity index (χ2v) is 7.61. The maximum absolute atomic E-state index is 12.2. The Labute approximate surface area is 161 Å². The van der Waals surface area contributed by atoms with E-state index in [-0.39, 0.29) is 47.9 Å². The number of hydrogen-bond acceptors (Lipinski definition) is 6.